The number of fused-ring (bicyclic) bond motifs is 2. The largest absolute Gasteiger partial charge is 0.459 e. The van der Waals surface area contributed by atoms with Crippen LogP contribution in [-0.4, -0.2) is 77.6 Å². The van der Waals surface area contributed by atoms with Gasteiger partial charge in [0.1, 0.15) is 11.9 Å². The van der Waals surface area contributed by atoms with Gasteiger partial charge in [-0.2, -0.15) is 20.3 Å². The van der Waals surface area contributed by atoms with Crippen LogP contribution < -0.4 is 14.5 Å². The van der Waals surface area contributed by atoms with Gasteiger partial charge in [0.25, 0.3) is 0 Å². The van der Waals surface area contributed by atoms with E-state index < -0.39 is 0 Å². The van der Waals surface area contributed by atoms with Gasteiger partial charge in [-0.15, -0.1) is 0 Å². The number of likely N-dealkylation sites (N-methyl/N-ethyl adjacent to an activating group) is 1. The summed E-state index contributed by atoms with van der Waals surface area (Å²) in [5.41, 5.74) is 5.81. The number of aryl methyl sites for hydroxylation is 1. The van der Waals surface area contributed by atoms with Crippen molar-refractivity contribution in [1.82, 2.24) is 24.6 Å². The molecule has 2 aromatic heterocycles. The van der Waals surface area contributed by atoms with Crippen LogP contribution in [0.1, 0.15) is 68.5 Å². The van der Waals surface area contributed by atoms with E-state index >= 15 is 0 Å². The van der Waals surface area contributed by atoms with Gasteiger partial charge in [-0.05, 0) is 84.0 Å². The Morgan fingerprint density at radius 3 is 2.81 bits per heavy atom. The van der Waals surface area contributed by atoms with Gasteiger partial charge < -0.3 is 24.2 Å². The standard InChI is InChI=1S/C32H44N8O2/c1-22-10-11-28-26(18-34-40(28)29-9-5-6-17-41-29)30(22)38-16-13-25-27(21-38)35-32(42-23(2)19-37(3)4)36-31(25)39-15-7-8-24(20-39)12-14-33/h10-11,18,23-24,29H,5-9,12-13,15-17,19-21H2,1-4H3/t23-,24?,29?/m1/s1. The van der Waals surface area contributed by atoms with Crippen LogP contribution >= 0.6 is 0 Å². The third kappa shape index (κ3) is 5.90. The van der Waals surface area contributed by atoms with Gasteiger partial charge in [-0.1, -0.05) is 6.07 Å². The summed E-state index contributed by atoms with van der Waals surface area (Å²) in [6, 6.07) is 7.22. The van der Waals surface area contributed by atoms with Crippen molar-refractivity contribution in [3.05, 3.63) is 35.2 Å². The molecule has 3 atom stereocenters. The van der Waals surface area contributed by atoms with E-state index in [0.29, 0.717) is 24.9 Å². The van der Waals surface area contributed by atoms with Crippen LogP contribution in [0.4, 0.5) is 11.5 Å². The number of rotatable bonds is 8. The Kier molecular flexibility index (Phi) is 8.50. The zero-order valence-corrected chi connectivity index (χ0v) is 25.6. The van der Waals surface area contributed by atoms with Crippen molar-refractivity contribution in [3.63, 3.8) is 0 Å². The van der Waals surface area contributed by atoms with Gasteiger partial charge in [0.15, 0.2) is 6.23 Å². The molecule has 2 saturated heterocycles. The Morgan fingerprint density at radius 1 is 1.14 bits per heavy atom. The van der Waals surface area contributed by atoms with Crippen molar-refractivity contribution in [2.24, 2.45) is 5.92 Å². The zero-order valence-electron chi connectivity index (χ0n) is 25.6. The molecule has 6 rings (SSSR count). The summed E-state index contributed by atoms with van der Waals surface area (Å²) >= 11 is 0. The second kappa shape index (κ2) is 12.4. The van der Waals surface area contributed by atoms with Crippen LogP contribution in [0.15, 0.2) is 18.3 Å². The van der Waals surface area contributed by atoms with Crippen molar-refractivity contribution in [1.29, 1.82) is 5.26 Å². The third-order valence-corrected chi connectivity index (χ3v) is 8.85. The van der Waals surface area contributed by atoms with Crippen molar-refractivity contribution in [3.8, 4) is 12.1 Å². The highest BCUT2D eigenvalue weighted by Crippen LogP contribution is 2.38. The van der Waals surface area contributed by atoms with E-state index in [1.54, 1.807) is 0 Å². The van der Waals surface area contributed by atoms with E-state index in [-0.39, 0.29) is 12.3 Å². The topological polar surface area (TPSA) is 95.6 Å². The first-order valence-electron chi connectivity index (χ1n) is 15.6. The Morgan fingerprint density at radius 2 is 2.02 bits per heavy atom. The number of anilines is 2. The molecule has 2 unspecified atom stereocenters. The summed E-state index contributed by atoms with van der Waals surface area (Å²) in [6.45, 7) is 9.19. The molecular formula is C32H44N8O2. The normalized spacial score (nSPS) is 21.8. The number of hydrogen-bond acceptors (Lipinski definition) is 9. The van der Waals surface area contributed by atoms with Crippen LogP contribution in [-0.2, 0) is 17.7 Å². The Hall–Kier alpha value is -3.42. The molecule has 3 aliphatic heterocycles. The predicted molar refractivity (Wildman–Crippen MR) is 164 cm³/mol. The highest BCUT2D eigenvalue weighted by atomic mass is 16.5. The van der Waals surface area contributed by atoms with Gasteiger partial charge in [-0.25, -0.2) is 4.68 Å². The van der Waals surface area contributed by atoms with Gasteiger partial charge in [-0.3, -0.25) is 0 Å². The van der Waals surface area contributed by atoms with Gasteiger partial charge in [0.2, 0.25) is 0 Å². The number of nitrogens with zero attached hydrogens (tertiary/aromatic N) is 8. The van der Waals surface area contributed by atoms with Crippen molar-refractivity contribution >= 4 is 22.4 Å². The van der Waals surface area contributed by atoms with E-state index in [9.17, 15) is 5.26 Å². The molecule has 0 aliphatic carbocycles. The number of nitriles is 1. The summed E-state index contributed by atoms with van der Waals surface area (Å²) in [4.78, 5) is 17.0. The lowest BCUT2D eigenvalue weighted by molar-refractivity contribution is -0.0366. The number of aromatic nitrogens is 4. The molecule has 5 heterocycles. The molecule has 2 fully saturated rings. The lowest BCUT2D eigenvalue weighted by Crippen LogP contribution is -2.39. The SMILES string of the molecule is Cc1ccc2c(cnn2C2CCCCO2)c1N1CCc2c(nc(O[C@H](C)CN(C)C)nc2N2CCCC(CC#N)C2)C1. The average Bonchev–Trinajstić information content (AvgIpc) is 3.41. The van der Waals surface area contributed by atoms with Gasteiger partial charge in [0.05, 0.1) is 35.7 Å². The predicted octanol–water partition coefficient (Wildman–Crippen LogP) is 4.86. The second-order valence-corrected chi connectivity index (χ2v) is 12.5. The number of piperidine rings is 1. The molecule has 0 N–H and O–H groups in total. The molecule has 10 nitrogen and oxygen atoms in total. The van der Waals surface area contributed by atoms with Crippen LogP contribution in [0.5, 0.6) is 6.01 Å². The second-order valence-electron chi connectivity index (χ2n) is 12.5. The van der Waals surface area contributed by atoms with E-state index in [4.69, 9.17) is 24.5 Å². The first-order chi connectivity index (χ1) is 20.4. The molecule has 1 aromatic carbocycles. The van der Waals surface area contributed by atoms with Crippen molar-refractivity contribution in [2.75, 3.05) is 56.7 Å². The van der Waals surface area contributed by atoms with Crippen LogP contribution in [0.2, 0.25) is 0 Å². The molecule has 224 valence electrons. The average molecular weight is 573 g/mol. The Labute approximate surface area is 249 Å². The molecule has 42 heavy (non-hydrogen) atoms. The minimum atomic E-state index is -0.0397. The molecule has 0 spiro atoms. The maximum Gasteiger partial charge on any atom is 0.318 e. The molecule has 10 heteroatoms. The van der Waals surface area contributed by atoms with Gasteiger partial charge in [0, 0.05) is 50.2 Å². The van der Waals surface area contributed by atoms with Crippen LogP contribution in [0.25, 0.3) is 10.9 Å². The first kappa shape index (κ1) is 28.7. The first-order valence-corrected chi connectivity index (χ1v) is 15.6. The maximum atomic E-state index is 9.36. The van der Waals surface area contributed by atoms with E-state index in [0.717, 1.165) is 87.3 Å². The molecular weight excluding hydrogens is 528 g/mol. The number of benzene rings is 1. The quantitative estimate of drug-likeness (QED) is 0.375. The molecule has 0 saturated carbocycles. The van der Waals surface area contributed by atoms with E-state index in [1.807, 2.05) is 20.3 Å². The summed E-state index contributed by atoms with van der Waals surface area (Å²) < 4.78 is 14.5. The molecule has 0 amide bonds. The van der Waals surface area contributed by atoms with E-state index in [1.165, 1.54) is 23.2 Å². The summed E-state index contributed by atoms with van der Waals surface area (Å²) in [5.74, 6) is 1.36. The van der Waals surface area contributed by atoms with Crippen molar-refractivity contribution in [2.45, 2.75) is 77.7 Å². The third-order valence-electron chi connectivity index (χ3n) is 8.85. The minimum Gasteiger partial charge on any atom is -0.459 e. The molecule has 0 bridgehead atoms. The fraction of sp³-hybridized carbons (Fsp3) is 0.625. The summed E-state index contributed by atoms with van der Waals surface area (Å²) in [7, 11) is 4.09. The molecule has 3 aromatic rings. The summed E-state index contributed by atoms with van der Waals surface area (Å²) in [5, 5.41) is 15.3. The highest BCUT2D eigenvalue weighted by Gasteiger charge is 2.30. The Balaban J connectivity index is 1.34. The summed E-state index contributed by atoms with van der Waals surface area (Å²) in [6.07, 6.45) is 8.86. The lowest BCUT2D eigenvalue weighted by atomic mass is 9.94. The smallest absolute Gasteiger partial charge is 0.318 e. The molecule has 0 radical (unpaired) electrons. The Bertz CT molecular complexity index is 1440. The maximum absolute atomic E-state index is 9.36. The lowest BCUT2D eigenvalue weighted by Gasteiger charge is -2.37. The van der Waals surface area contributed by atoms with Crippen molar-refractivity contribution < 1.29 is 9.47 Å². The number of hydrogen-bond donors (Lipinski definition) is 0. The van der Waals surface area contributed by atoms with E-state index in [2.05, 4.69) is 51.4 Å². The monoisotopic (exact) mass is 572 g/mol. The molecule has 3 aliphatic rings. The van der Waals surface area contributed by atoms with Crippen LogP contribution in [0, 0.1) is 24.2 Å². The number of ether oxygens (including phenoxy) is 2. The fourth-order valence-corrected chi connectivity index (χ4v) is 6.96. The highest BCUT2D eigenvalue weighted by molar-refractivity contribution is 5.94. The van der Waals surface area contributed by atoms with Crippen LogP contribution in [0.3, 0.4) is 0 Å². The minimum absolute atomic E-state index is 0.00227. The fourth-order valence-electron chi connectivity index (χ4n) is 6.96. The zero-order chi connectivity index (χ0) is 29.2. The van der Waals surface area contributed by atoms with Gasteiger partial charge >= 0.3 is 6.01 Å².